The number of rotatable bonds is 6. The van der Waals surface area contributed by atoms with Crippen molar-refractivity contribution in [1.29, 1.82) is 0 Å². The van der Waals surface area contributed by atoms with Crippen LogP contribution in [0.3, 0.4) is 0 Å². The van der Waals surface area contributed by atoms with Gasteiger partial charge >= 0.3 is 0 Å². The summed E-state index contributed by atoms with van der Waals surface area (Å²) in [5.41, 5.74) is 2.39. The van der Waals surface area contributed by atoms with E-state index in [1.807, 2.05) is 54.7 Å². The Balaban J connectivity index is 1.96. The predicted molar refractivity (Wildman–Crippen MR) is 96.7 cm³/mol. The lowest BCUT2D eigenvalue weighted by atomic mass is 10.1. The van der Waals surface area contributed by atoms with Crippen molar-refractivity contribution >= 4 is 11.6 Å². The maximum absolute atomic E-state index is 10.8. The van der Waals surface area contributed by atoms with Crippen LogP contribution in [0.5, 0.6) is 5.75 Å². The first-order valence-electron chi connectivity index (χ1n) is 7.76. The molecule has 130 valence electrons. The van der Waals surface area contributed by atoms with Gasteiger partial charge in [0.2, 0.25) is 0 Å². The molecule has 0 aliphatic heterocycles. The summed E-state index contributed by atoms with van der Waals surface area (Å²) in [4.78, 5) is 4.61. The minimum absolute atomic E-state index is 0.295. The van der Waals surface area contributed by atoms with Gasteiger partial charge in [-0.05, 0) is 29.8 Å². The highest BCUT2D eigenvalue weighted by Crippen LogP contribution is 2.27. The molecule has 0 fully saturated rings. The molecule has 1 unspecified atom stereocenters. The van der Waals surface area contributed by atoms with Gasteiger partial charge in [-0.15, -0.1) is 0 Å². The Morgan fingerprint density at radius 3 is 2.36 bits per heavy atom. The van der Waals surface area contributed by atoms with Crippen molar-refractivity contribution in [3.63, 3.8) is 0 Å². The number of imidazole rings is 1. The molecule has 0 saturated carbocycles. The number of halogens is 1. The molecule has 0 bridgehead atoms. The van der Waals surface area contributed by atoms with Crippen LogP contribution in [-0.2, 0) is 11.5 Å². The van der Waals surface area contributed by atoms with Gasteiger partial charge in [0.15, 0.2) is 0 Å². The van der Waals surface area contributed by atoms with Crippen LogP contribution in [0.4, 0.5) is 0 Å². The Labute approximate surface area is 151 Å². The van der Waals surface area contributed by atoms with E-state index < -0.39 is 6.10 Å². The lowest BCUT2D eigenvalue weighted by Gasteiger charge is -2.13. The summed E-state index contributed by atoms with van der Waals surface area (Å²) in [7, 11) is 3.21. The van der Waals surface area contributed by atoms with Crippen LogP contribution in [-0.4, -0.2) is 28.9 Å². The van der Waals surface area contributed by atoms with Crippen molar-refractivity contribution in [3.05, 3.63) is 71.1 Å². The second kappa shape index (κ2) is 7.70. The van der Waals surface area contributed by atoms with E-state index in [2.05, 4.69) is 4.98 Å². The number of aromatic nitrogens is 2. The third kappa shape index (κ3) is 3.85. The molecule has 1 atom stereocenters. The molecule has 3 rings (SSSR count). The van der Waals surface area contributed by atoms with Gasteiger partial charge in [0.1, 0.15) is 24.4 Å². The number of nitrogens with zero attached hydrogens (tertiary/aromatic N) is 2. The Kier molecular flexibility index (Phi) is 5.38. The second-order valence-electron chi connectivity index (χ2n) is 5.55. The molecule has 6 heteroatoms. The second-order valence-corrected chi connectivity index (χ2v) is 5.99. The van der Waals surface area contributed by atoms with E-state index in [1.165, 1.54) is 0 Å². The molecule has 0 aliphatic rings. The molecule has 1 N–H and O–H groups in total. The maximum atomic E-state index is 10.8. The monoisotopic (exact) mass is 358 g/mol. The summed E-state index contributed by atoms with van der Waals surface area (Å²) < 4.78 is 12.2. The SMILES string of the molecule is COCn1cc(-c2ccc(Cl)cc2)nc1C(O)c1ccc(OC)cc1. The maximum Gasteiger partial charge on any atom is 0.144 e. The van der Waals surface area contributed by atoms with Crippen molar-refractivity contribution in [2.24, 2.45) is 0 Å². The third-order valence-electron chi connectivity index (χ3n) is 3.89. The van der Waals surface area contributed by atoms with Gasteiger partial charge in [0, 0.05) is 23.9 Å². The van der Waals surface area contributed by atoms with Crippen molar-refractivity contribution in [3.8, 4) is 17.0 Å². The van der Waals surface area contributed by atoms with Crippen LogP contribution < -0.4 is 4.74 Å². The van der Waals surface area contributed by atoms with Gasteiger partial charge in [-0.3, -0.25) is 0 Å². The molecular formula is C19H19ClN2O3. The molecular weight excluding hydrogens is 340 g/mol. The van der Waals surface area contributed by atoms with E-state index in [-0.39, 0.29) is 0 Å². The first-order valence-corrected chi connectivity index (χ1v) is 8.14. The Morgan fingerprint density at radius 2 is 1.76 bits per heavy atom. The molecule has 0 saturated heterocycles. The molecule has 0 amide bonds. The van der Waals surface area contributed by atoms with E-state index in [9.17, 15) is 5.11 Å². The van der Waals surface area contributed by atoms with Crippen LogP contribution in [0.15, 0.2) is 54.7 Å². The van der Waals surface area contributed by atoms with E-state index >= 15 is 0 Å². The fourth-order valence-corrected chi connectivity index (χ4v) is 2.71. The molecule has 3 aromatic rings. The summed E-state index contributed by atoms with van der Waals surface area (Å²) in [6.45, 7) is 0.295. The van der Waals surface area contributed by atoms with Crippen LogP contribution in [0.2, 0.25) is 5.02 Å². The lowest BCUT2D eigenvalue weighted by Crippen LogP contribution is -2.10. The summed E-state index contributed by atoms with van der Waals surface area (Å²) in [6, 6.07) is 14.7. The standard InChI is InChI=1S/C19H19ClN2O3/c1-24-12-22-11-17(13-3-7-15(20)8-4-13)21-19(22)18(23)14-5-9-16(25-2)10-6-14/h3-11,18,23H,12H2,1-2H3. The average molecular weight is 359 g/mol. The highest BCUT2D eigenvalue weighted by molar-refractivity contribution is 6.30. The van der Waals surface area contributed by atoms with Crippen LogP contribution in [0, 0.1) is 0 Å². The van der Waals surface area contributed by atoms with Crippen LogP contribution >= 0.6 is 11.6 Å². The number of methoxy groups -OCH3 is 2. The van der Waals surface area contributed by atoms with Gasteiger partial charge in [-0.1, -0.05) is 35.9 Å². The number of benzene rings is 2. The first-order chi connectivity index (χ1) is 12.1. The quantitative estimate of drug-likeness (QED) is 0.726. The highest BCUT2D eigenvalue weighted by atomic mass is 35.5. The highest BCUT2D eigenvalue weighted by Gasteiger charge is 2.19. The molecule has 0 spiro atoms. The zero-order valence-electron chi connectivity index (χ0n) is 14.0. The van der Waals surface area contributed by atoms with Gasteiger partial charge in [0.25, 0.3) is 0 Å². The first kappa shape index (κ1) is 17.5. The smallest absolute Gasteiger partial charge is 0.144 e. The molecule has 1 aromatic heterocycles. The van der Waals surface area contributed by atoms with Crippen molar-refractivity contribution in [1.82, 2.24) is 9.55 Å². The topological polar surface area (TPSA) is 56.5 Å². The van der Waals surface area contributed by atoms with E-state index in [4.69, 9.17) is 21.1 Å². The number of hydrogen-bond acceptors (Lipinski definition) is 4. The van der Waals surface area contributed by atoms with Crippen molar-refractivity contribution in [2.45, 2.75) is 12.8 Å². The van der Waals surface area contributed by atoms with E-state index in [1.54, 1.807) is 18.8 Å². The third-order valence-corrected chi connectivity index (χ3v) is 4.14. The summed E-state index contributed by atoms with van der Waals surface area (Å²) >= 11 is 5.94. The zero-order valence-corrected chi connectivity index (χ0v) is 14.8. The fourth-order valence-electron chi connectivity index (χ4n) is 2.59. The Hall–Kier alpha value is -2.34. The van der Waals surface area contributed by atoms with Gasteiger partial charge in [0.05, 0.1) is 12.8 Å². The summed E-state index contributed by atoms with van der Waals surface area (Å²) in [6.07, 6.45) is 0.983. The van der Waals surface area contributed by atoms with Gasteiger partial charge in [-0.2, -0.15) is 0 Å². The van der Waals surface area contributed by atoms with E-state index in [0.29, 0.717) is 17.6 Å². The van der Waals surface area contributed by atoms with Gasteiger partial charge in [-0.25, -0.2) is 4.98 Å². The largest absolute Gasteiger partial charge is 0.497 e. The molecule has 2 aromatic carbocycles. The summed E-state index contributed by atoms with van der Waals surface area (Å²) in [5.74, 6) is 1.25. The van der Waals surface area contributed by atoms with Crippen LogP contribution in [0.25, 0.3) is 11.3 Å². The number of hydrogen-bond donors (Lipinski definition) is 1. The lowest BCUT2D eigenvalue weighted by molar-refractivity contribution is 0.117. The normalized spacial score (nSPS) is 12.2. The molecule has 25 heavy (non-hydrogen) atoms. The Morgan fingerprint density at radius 1 is 1.08 bits per heavy atom. The molecule has 0 radical (unpaired) electrons. The number of ether oxygens (including phenoxy) is 2. The minimum atomic E-state index is -0.873. The summed E-state index contributed by atoms with van der Waals surface area (Å²) in [5, 5.41) is 11.4. The van der Waals surface area contributed by atoms with Crippen LogP contribution in [0.1, 0.15) is 17.5 Å². The van der Waals surface area contributed by atoms with Gasteiger partial charge < -0.3 is 19.1 Å². The predicted octanol–water partition coefficient (Wildman–Crippen LogP) is 3.90. The molecule has 0 aliphatic carbocycles. The van der Waals surface area contributed by atoms with Crippen molar-refractivity contribution in [2.75, 3.05) is 14.2 Å². The van der Waals surface area contributed by atoms with Crippen molar-refractivity contribution < 1.29 is 14.6 Å². The molecule has 5 nitrogen and oxygen atoms in total. The Bertz CT molecular complexity index is 829. The van der Waals surface area contributed by atoms with E-state index in [0.717, 1.165) is 22.6 Å². The fraction of sp³-hybridized carbons (Fsp3) is 0.211. The average Bonchev–Trinajstić information content (AvgIpc) is 3.06. The minimum Gasteiger partial charge on any atom is -0.497 e. The number of aliphatic hydroxyl groups excluding tert-OH is 1. The number of aliphatic hydroxyl groups is 1. The zero-order chi connectivity index (χ0) is 17.8. The molecule has 1 heterocycles.